The minimum Gasteiger partial charge on any atom is -0.456 e. The molecule has 2 radical (unpaired) electrons. The van der Waals surface area contributed by atoms with Crippen LogP contribution in [0.5, 0.6) is 11.5 Å². The molecular weight excluding hydrogens is 311 g/mol. The molecule has 3 aromatic carbocycles. The van der Waals surface area contributed by atoms with Crippen LogP contribution in [0.3, 0.4) is 0 Å². The molecule has 2 aliphatic heterocycles. The van der Waals surface area contributed by atoms with Crippen LogP contribution in [0.1, 0.15) is 32.6 Å². The third kappa shape index (κ3) is 1.79. The maximum atomic E-state index is 12.6. The molecule has 2 heterocycles. The summed E-state index contributed by atoms with van der Waals surface area (Å²) >= 11 is 0. The average molecular weight is 324 g/mol. The van der Waals surface area contributed by atoms with Gasteiger partial charge in [-0.05, 0) is 30.7 Å². The van der Waals surface area contributed by atoms with E-state index >= 15 is 0 Å². The first-order valence-corrected chi connectivity index (χ1v) is 8.11. The first-order chi connectivity index (χ1) is 12.1. The van der Waals surface area contributed by atoms with Gasteiger partial charge in [0.2, 0.25) is 0 Å². The predicted molar refractivity (Wildman–Crippen MR) is 94.8 cm³/mol. The second-order valence-corrected chi connectivity index (χ2v) is 6.47. The summed E-state index contributed by atoms with van der Waals surface area (Å²) in [5, 5.41) is 0. The summed E-state index contributed by atoms with van der Waals surface area (Å²) in [7, 11) is 5.95. The highest BCUT2D eigenvalue weighted by atomic mass is 16.6. The first kappa shape index (κ1) is 14.3. The van der Waals surface area contributed by atoms with E-state index in [4.69, 9.17) is 17.3 Å². The fourth-order valence-electron chi connectivity index (χ4n) is 3.80. The molecule has 1 unspecified atom stereocenters. The highest BCUT2D eigenvalue weighted by Crippen LogP contribution is 2.55. The summed E-state index contributed by atoms with van der Waals surface area (Å²) in [6, 6.07) is 18.9. The van der Waals surface area contributed by atoms with Gasteiger partial charge in [0.05, 0.1) is 5.56 Å². The summed E-state index contributed by atoms with van der Waals surface area (Å²) in [6.45, 7) is 2.00. The third-order valence-electron chi connectivity index (χ3n) is 4.89. The molecule has 118 valence electrons. The highest BCUT2D eigenvalue weighted by Gasteiger charge is 2.53. The standard InChI is InChI=1S/C21H13BO3/c1-12-6-8-16-18(10-12)24-19-11-13(22)7-9-17(19)21(16)15-5-3-2-4-14(15)20(23)25-21/h2-11H,1H3. The Bertz CT molecular complexity index is 1000. The van der Waals surface area contributed by atoms with Crippen LogP contribution in [0.4, 0.5) is 0 Å². The Morgan fingerprint density at radius 3 is 2.44 bits per heavy atom. The lowest BCUT2D eigenvalue weighted by atomic mass is 9.76. The maximum Gasteiger partial charge on any atom is 0.340 e. The molecule has 0 saturated carbocycles. The lowest BCUT2D eigenvalue weighted by Crippen LogP contribution is -2.33. The van der Waals surface area contributed by atoms with Crippen molar-refractivity contribution >= 4 is 19.3 Å². The minimum atomic E-state index is -1.00. The molecule has 5 rings (SSSR count). The van der Waals surface area contributed by atoms with E-state index in [1.807, 2.05) is 49.4 Å². The number of hydrogen-bond donors (Lipinski definition) is 0. The lowest BCUT2D eigenvalue weighted by Gasteiger charge is -2.36. The molecule has 1 spiro atoms. The molecule has 25 heavy (non-hydrogen) atoms. The van der Waals surface area contributed by atoms with E-state index in [1.54, 1.807) is 18.2 Å². The van der Waals surface area contributed by atoms with E-state index in [1.165, 1.54) is 0 Å². The van der Waals surface area contributed by atoms with Crippen molar-refractivity contribution in [1.29, 1.82) is 0 Å². The number of carbonyl (C=O) groups is 1. The highest BCUT2D eigenvalue weighted by molar-refractivity contribution is 6.32. The van der Waals surface area contributed by atoms with E-state index in [2.05, 4.69) is 0 Å². The van der Waals surface area contributed by atoms with Crippen LogP contribution in [-0.4, -0.2) is 13.8 Å². The van der Waals surface area contributed by atoms with Crippen molar-refractivity contribution in [3.8, 4) is 11.5 Å². The van der Waals surface area contributed by atoms with Crippen molar-refractivity contribution in [3.63, 3.8) is 0 Å². The van der Waals surface area contributed by atoms with E-state index in [0.29, 0.717) is 22.5 Å². The molecule has 3 aromatic rings. The topological polar surface area (TPSA) is 35.5 Å². The zero-order valence-corrected chi connectivity index (χ0v) is 13.6. The number of esters is 1. The van der Waals surface area contributed by atoms with E-state index < -0.39 is 5.60 Å². The number of hydrogen-bond acceptors (Lipinski definition) is 3. The number of rotatable bonds is 0. The fraction of sp³-hybridized carbons (Fsp3) is 0.0952. The van der Waals surface area contributed by atoms with E-state index in [0.717, 1.165) is 22.3 Å². The number of ether oxygens (including phenoxy) is 2. The Labute approximate surface area is 146 Å². The smallest absolute Gasteiger partial charge is 0.340 e. The zero-order chi connectivity index (χ0) is 17.2. The van der Waals surface area contributed by atoms with Gasteiger partial charge in [0.15, 0.2) is 5.60 Å². The Balaban J connectivity index is 1.91. The van der Waals surface area contributed by atoms with Gasteiger partial charge in [-0.1, -0.05) is 47.9 Å². The van der Waals surface area contributed by atoms with Crippen molar-refractivity contribution in [2.45, 2.75) is 12.5 Å². The molecule has 3 nitrogen and oxygen atoms in total. The van der Waals surface area contributed by atoms with Gasteiger partial charge in [-0.15, -0.1) is 0 Å². The minimum absolute atomic E-state index is 0.327. The Hall–Kier alpha value is -3.01. The van der Waals surface area contributed by atoms with Crippen molar-refractivity contribution < 1.29 is 14.3 Å². The molecule has 0 aliphatic carbocycles. The lowest BCUT2D eigenvalue weighted by molar-refractivity contribution is 0.0224. The van der Waals surface area contributed by atoms with Gasteiger partial charge in [-0.25, -0.2) is 4.79 Å². The molecule has 1 atom stereocenters. The van der Waals surface area contributed by atoms with Gasteiger partial charge in [-0.2, -0.15) is 0 Å². The molecular formula is C21H13BO3. The zero-order valence-electron chi connectivity index (χ0n) is 13.6. The summed E-state index contributed by atoms with van der Waals surface area (Å²) in [5.74, 6) is 0.969. The van der Waals surface area contributed by atoms with Crippen LogP contribution < -0.4 is 10.2 Å². The largest absolute Gasteiger partial charge is 0.456 e. The van der Waals surface area contributed by atoms with Crippen LogP contribution in [-0.2, 0) is 10.3 Å². The van der Waals surface area contributed by atoms with Gasteiger partial charge in [0.1, 0.15) is 19.3 Å². The van der Waals surface area contributed by atoms with Crippen LogP contribution in [0.2, 0.25) is 0 Å². The quantitative estimate of drug-likeness (QED) is 0.470. The number of carbonyl (C=O) groups excluding carboxylic acids is 1. The second-order valence-electron chi connectivity index (χ2n) is 6.47. The van der Waals surface area contributed by atoms with Crippen molar-refractivity contribution in [2.24, 2.45) is 0 Å². The van der Waals surface area contributed by atoms with Gasteiger partial charge in [0, 0.05) is 16.7 Å². The molecule has 0 fully saturated rings. The molecule has 2 aliphatic rings. The van der Waals surface area contributed by atoms with Crippen LogP contribution in [0.15, 0.2) is 60.7 Å². The van der Waals surface area contributed by atoms with E-state index in [9.17, 15) is 4.79 Å². The van der Waals surface area contributed by atoms with Crippen LogP contribution >= 0.6 is 0 Å². The summed E-state index contributed by atoms with van der Waals surface area (Å²) < 4.78 is 12.1. The number of benzene rings is 3. The van der Waals surface area contributed by atoms with Gasteiger partial charge in [-0.3, -0.25) is 0 Å². The normalized spacial score (nSPS) is 19.6. The summed E-state index contributed by atoms with van der Waals surface area (Å²) in [4.78, 5) is 12.6. The predicted octanol–water partition coefficient (Wildman–Crippen LogP) is 3.36. The Kier molecular flexibility index (Phi) is 2.73. The van der Waals surface area contributed by atoms with Gasteiger partial charge in [0.25, 0.3) is 0 Å². The van der Waals surface area contributed by atoms with Crippen LogP contribution in [0, 0.1) is 6.92 Å². The van der Waals surface area contributed by atoms with Gasteiger partial charge >= 0.3 is 5.97 Å². The average Bonchev–Trinajstić information content (AvgIpc) is 2.88. The molecule has 4 heteroatoms. The fourth-order valence-corrected chi connectivity index (χ4v) is 3.80. The van der Waals surface area contributed by atoms with Crippen LogP contribution in [0.25, 0.3) is 0 Å². The number of aryl methyl sites for hydroxylation is 1. The molecule has 0 saturated heterocycles. The van der Waals surface area contributed by atoms with Crippen molar-refractivity contribution in [1.82, 2.24) is 0 Å². The van der Waals surface area contributed by atoms with Crippen molar-refractivity contribution in [2.75, 3.05) is 0 Å². The monoisotopic (exact) mass is 324 g/mol. The molecule has 0 amide bonds. The number of fused-ring (bicyclic) bond motifs is 6. The molecule has 0 bridgehead atoms. The van der Waals surface area contributed by atoms with Gasteiger partial charge < -0.3 is 9.47 Å². The maximum absolute atomic E-state index is 12.6. The first-order valence-electron chi connectivity index (χ1n) is 8.11. The molecule has 0 aromatic heterocycles. The Morgan fingerprint density at radius 1 is 0.880 bits per heavy atom. The van der Waals surface area contributed by atoms with E-state index in [-0.39, 0.29) is 5.97 Å². The molecule has 0 N–H and O–H groups in total. The summed E-state index contributed by atoms with van der Waals surface area (Å²) in [6.07, 6.45) is 0. The second kappa shape index (κ2) is 4.76. The summed E-state index contributed by atoms with van der Waals surface area (Å²) in [5.41, 5.74) is 3.70. The Morgan fingerprint density at radius 2 is 1.60 bits per heavy atom. The van der Waals surface area contributed by atoms with Crippen molar-refractivity contribution in [3.05, 3.63) is 88.5 Å². The SMILES string of the molecule is [B]c1ccc2c(c1)Oc1cc(C)ccc1C21OC(=O)c2ccccc21. The third-order valence-corrected chi connectivity index (χ3v) is 4.89.